The molecule has 72 valence electrons. The largest absolute Gasteiger partial charge is 0.382 e. The third kappa shape index (κ3) is 4.01. The van der Waals surface area contributed by atoms with Crippen LogP contribution in [0.5, 0.6) is 0 Å². The molecule has 0 saturated carbocycles. The van der Waals surface area contributed by atoms with E-state index in [4.69, 9.17) is 18.9 Å². The summed E-state index contributed by atoms with van der Waals surface area (Å²) in [6, 6.07) is 0. The third-order valence-electron chi connectivity index (χ3n) is 1.62. The topological polar surface area (TPSA) is 40.2 Å². The van der Waals surface area contributed by atoms with Crippen molar-refractivity contribution in [2.24, 2.45) is 0 Å². The quantitative estimate of drug-likeness (QED) is 0.416. The van der Waals surface area contributed by atoms with Crippen LogP contribution in [-0.2, 0) is 18.9 Å². The Morgan fingerprint density at radius 2 is 1.92 bits per heavy atom. The molecule has 1 aliphatic heterocycles. The van der Waals surface area contributed by atoms with E-state index >= 15 is 0 Å². The van der Waals surface area contributed by atoms with Crippen LogP contribution >= 0.6 is 0 Å². The predicted octanol–water partition coefficient (Wildman–Crippen LogP) is 0.412. The summed E-state index contributed by atoms with van der Waals surface area (Å²) in [6.45, 7) is 5.06. The van der Waals surface area contributed by atoms with Crippen molar-refractivity contribution in [3.05, 3.63) is 0 Å². The first kappa shape index (κ1) is 9.92. The Morgan fingerprint density at radius 1 is 1.25 bits per heavy atom. The minimum atomic E-state index is -0.315. The Bertz CT molecular complexity index is 122. The molecule has 0 N–H and O–H groups in total. The van der Waals surface area contributed by atoms with Crippen molar-refractivity contribution in [3.63, 3.8) is 0 Å². The molecular formula is C8H16O4. The summed E-state index contributed by atoms with van der Waals surface area (Å²) < 4.78 is 20.4. The van der Waals surface area contributed by atoms with Gasteiger partial charge in [-0.25, -0.2) is 0 Å². The molecule has 0 amide bonds. The molecule has 0 aromatic carbocycles. The van der Waals surface area contributed by atoms with Crippen molar-refractivity contribution >= 4 is 0 Å². The molecule has 1 fully saturated rings. The van der Waals surface area contributed by atoms with Gasteiger partial charge in [0, 0.05) is 7.11 Å². The van der Waals surface area contributed by atoms with Crippen LogP contribution in [0.4, 0.5) is 0 Å². The van der Waals surface area contributed by atoms with Gasteiger partial charge in [-0.15, -0.1) is 0 Å². The van der Waals surface area contributed by atoms with E-state index < -0.39 is 0 Å². The molecule has 0 aromatic heterocycles. The lowest BCUT2D eigenvalue weighted by molar-refractivity contribution is -0.0574. The van der Waals surface area contributed by atoms with Crippen LogP contribution in [0.1, 0.15) is 6.92 Å². The number of hydrogen-bond donors (Lipinski definition) is 0. The summed E-state index contributed by atoms with van der Waals surface area (Å²) in [6.07, 6.45) is 0. The summed E-state index contributed by atoms with van der Waals surface area (Å²) >= 11 is 0. The number of rotatable bonds is 7. The second kappa shape index (κ2) is 4.77. The monoisotopic (exact) mass is 176 g/mol. The summed E-state index contributed by atoms with van der Waals surface area (Å²) in [7, 11) is 1.65. The highest BCUT2D eigenvalue weighted by molar-refractivity contribution is 4.74. The molecule has 12 heavy (non-hydrogen) atoms. The minimum absolute atomic E-state index is 0.315. The predicted molar refractivity (Wildman–Crippen MR) is 43.0 cm³/mol. The molecule has 1 saturated heterocycles. The zero-order valence-electron chi connectivity index (χ0n) is 7.67. The van der Waals surface area contributed by atoms with Gasteiger partial charge in [0.25, 0.3) is 0 Å². The molecule has 0 radical (unpaired) electrons. The SMILES string of the molecule is COCCOCCOC1(C)CO1. The van der Waals surface area contributed by atoms with Gasteiger partial charge in [0.15, 0.2) is 5.79 Å². The van der Waals surface area contributed by atoms with Crippen molar-refractivity contribution in [2.75, 3.05) is 40.1 Å². The number of hydrogen-bond acceptors (Lipinski definition) is 4. The number of epoxide rings is 1. The van der Waals surface area contributed by atoms with Crippen LogP contribution in [0.2, 0.25) is 0 Å². The van der Waals surface area contributed by atoms with Crippen molar-refractivity contribution in [1.82, 2.24) is 0 Å². The smallest absolute Gasteiger partial charge is 0.189 e. The zero-order valence-corrected chi connectivity index (χ0v) is 7.67. The highest BCUT2D eigenvalue weighted by Gasteiger charge is 2.40. The standard InChI is InChI=1S/C8H16O4/c1-8(7-12-8)11-6-5-10-4-3-9-2/h3-7H2,1-2H3. The lowest BCUT2D eigenvalue weighted by Gasteiger charge is -2.07. The van der Waals surface area contributed by atoms with E-state index in [1.165, 1.54) is 0 Å². The molecular weight excluding hydrogens is 160 g/mol. The van der Waals surface area contributed by atoms with Gasteiger partial charge in [0.2, 0.25) is 0 Å². The molecule has 4 heteroatoms. The Hall–Kier alpha value is -0.160. The van der Waals surface area contributed by atoms with Crippen LogP contribution in [0.15, 0.2) is 0 Å². The van der Waals surface area contributed by atoms with Crippen molar-refractivity contribution < 1.29 is 18.9 Å². The normalized spacial score (nSPS) is 27.5. The fourth-order valence-electron chi connectivity index (χ4n) is 0.746. The molecule has 0 spiro atoms. The Morgan fingerprint density at radius 3 is 2.50 bits per heavy atom. The Balaban J connectivity index is 1.77. The van der Waals surface area contributed by atoms with Crippen molar-refractivity contribution in [2.45, 2.75) is 12.7 Å². The molecule has 1 atom stereocenters. The van der Waals surface area contributed by atoms with E-state index in [1.807, 2.05) is 6.92 Å². The van der Waals surface area contributed by atoms with Crippen LogP contribution in [0.25, 0.3) is 0 Å². The highest BCUT2D eigenvalue weighted by Crippen LogP contribution is 2.26. The van der Waals surface area contributed by atoms with Crippen LogP contribution in [0, 0.1) is 0 Å². The first-order valence-electron chi connectivity index (χ1n) is 4.11. The molecule has 1 unspecified atom stereocenters. The molecule has 4 nitrogen and oxygen atoms in total. The van der Waals surface area contributed by atoms with E-state index in [2.05, 4.69) is 0 Å². The van der Waals surface area contributed by atoms with E-state index in [0.29, 0.717) is 33.0 Å². The molecule has 1 heterocycles. The molecule has 1 rings (SSSR count). The van der Waals surface area contributed by atoms with Crippen LogP contribution < -0.4 is 0 Å². The van der Waals surface area contributed by atoms with Gasteiger partial charge in [-0.3, -0.25) is 0 Å². The maximum Gasteiger partial charge on any atom is 0.189 e. The molecule has 0 bridgehead atoms. The summed E-state index contributed by atoms with van der Waals surface area (Å²) in [5.41, 5.74) is 0. The van der Waals surface area contributed by atoms with Gasteiger partial charge in [0.05, 0.1) is 26.4 Å². The average molecular weight is 176 g/mol. The van der Waals surface area contributed by atoms with E-state index in [0.717, 1.165) is 0 Å². The first-order valence-corrected chi connectivity index (χ1v) is 4.11. The lowest BCUT2D eigenvalue weighted by atomic mass is 10.5. The number of methoxy groups -OCH3 is 1. The third-order valence-corrected chi connectivity index (χ3v) is 1.62. The second-order valence-corrected chi connectivity index (χ2v) is 2.88. The highest BCUT2D eigenvalue weighted by atomic mass is 16.8. The number of ether oxygens (including phenoxy) is 4. The average Bonchev–Trinajstić information content (AvgIpc) is 2.77. The van der Waals surface area contributed by atoms with Gasteiger partial charge >= 0.3 is 0 Å². The molecule has 0 aliphatic carbocycles. The first-order chi connectivity index (χ1) is 5.77. The summed E-state index contributed by atoms with van der Waals surface area (Å²) in [5.74, 6) is -0.315. The van der Waals surface area contributed by atoms with Crippen LogP contribution in [-0.4, -0.2) is 45.9 Å². The van der Waals surface area contributed by atoms with E-state index in [1.54, 1.807) is 7.11 Å². The Kier molecular flexibility index (Phi) is 3.94. The minimum Gasteiger partial charge on any atom is -0.382 e. The van der Waals surface area contributed by atoms with Crippen LogP contribution in [0.3, 0.4) is 0 Å². The lowest BCUT2D eigenvalue weighted by Crippen LogP contribution is -2.16. The summed E-state index contributed by atoms with van der Waals surface area (Å²) in [5, 5.41) is 0. The molecule has 1 aliphatic rings. The zero-order chi connectivity index (χ0) is 8.86. The second-order valence-electron chi connectivity index (χ2n) is 2.88. The molecule has 0 aromatic rings. The van der Waals surface area contributed by atoms with Gasteiger partial charge in [-0.1, -0.05) is 0 Å². The van der Waals surface area contributed by atoms with Gasteiger partial charge in [-0.05, 0) is 6.92 Å². The fourth-order valence-corrected chi connectivity index (χ4v) is 0.746. The fraction of sp³-hybridized carbons (Fsp3) is 1.00. The maximum atomic E-state index is 5.33. The van der Waals surface area contributed by atoms with Crippen molar-refractivity contribution in [3.8, 4) is 0 Å². The van der Waals surface area contributed by atoms with Gasteiger partial charge in [-0.2, -0.15) is 0 Å². The van der Waals surface area contributed by atoms with Gasteiger partial charge < -0.3 is 18.9 Å². The van der Waals surface area contributed by atoms with Gasteiger partial charge in [0.1, 0.15) is 6.61 Å². The maximum absolute atomic E-state index is 5.33. The summed E-state index contributed by atoms with van der Waals surface area (Å²) in [4.78, 5) is 0. The van der Waals surface area contributed by atoms with E-state index in [9.17, 15) is 0 Å². The Labute approximate surface area is 72.7 Å². The van der Waals surface area contributed by atoms with E-state index in [-0.39, 0.29) is 5.79 Å². The van der Waals surface area contributed by atoms with Crippen molar-refractivity contribution in [1.29, 1.82) is 0 Å².